The van der Waals surface area contributed by atoms with Crippen LogP contribution in [0.4, 0.5) is 4.39 Å². The summed E-state index contributed by atoms with van der Waals surface area (Å²) in [4.78, 5) is 66.7. The molecule has 6 atom stereocenters. The summed E-state index contributed by atoms with van der Waals surface area (Å²) in [7, 11) is 3.05. The number of aromatic hydroxyl groups is 1. The molecule has 3 aliphatic carbocycles. The van der Waals surface area contributed by atoms with Crippen molar-refractivity contribution in [3.05, 3.63) is 28.6 Å². The van der Waals surface area contributed by atoms with E-state index >= 15 is 0 Å². The maximum atomic E-state index is 14.4. The summed E-state index contributed by atoms with van der Waals surface area (Å²) in [5, 5.41) is 21.8. The summed E-state index contributed by atoms with van der Waals surface area (Å²) >= 11 is 0. The molecular formula is C24H27FN2O7. The number of aliphatic hydroxyl groups is 1. The molecule has 1 aromatic rings. The van der Waals surface area contributed by atoms with E-state index in [2.05, 4.69) is 0 Å². The van der Waals surface area contributed by atoms with Crippen molar-refractivity contribution in [3.63, 3.8) is 0 Å². The summed E-state index contributed by atoms with van der Waals surface area (Å²) in [5.74, 6) is -12.7. The molecule has 0 bridgehead atoms. The van der Waals surface area contributed by atoms with E-state index in [-0.39, 0.29) is 18.4 Å². The SMILES string of the molecule is CCCc1cc(F)c(O)c2c1CC1CC3C(N(C)C)C(=O)C(C(N)=O)C(=O)C3(O)C(=O)C1C2=O. The molecule has 1 amide bonds. The Morgan fingerprint density at radius 2 is 1.88 bits per heavy atom. The highest BCUT2D eigenvalue weighted by atomic mass is 19.1. The first-order valence-electron chi connectivity index (χ1n) is 11.3. The van der Waals surface area contributed by atoms with E-state index in [1.54, 1.807) is 0 Å². The Bertz CT molecular complexity index is 1150. The number of Topliss-reactive ketones (excluding diaryl/α,β-unsaturated/α-hetero) is 4. The van der Waals surface area contributed by atoms with Gasteiger partial charge in [0.2, 0.25) is 5.91 Å². The maximum absolute atomic E-state index is 14.4. The number of carbonyl (C=O) groups is 5. The number of likely N-dealkylation sites (N-methyl/N-ethyl adjacent to an activating group) is 1. The van der Waals surface area contributed by atoms with Crippen LogP contribution >= 0.6 is 0 Å². The molecule has 2 fully saturated rings. The second-order valence-corrected chi connectivity index (χ2v) is 9.76. The molecular weight excluding hydrogens is 447 g/mol. The Balaban J connectivity index is 1.89. The van der Waals surface area contributed by atoms with Crippen molar-refractivity contribution in [2.75, 3.05) is 14.1 Å². The van der Waals surface area contributed by atoms with Crippen molar-refractivity contribution >= 4 is 29.0 Å². The van der Waals surface area contributed by atoms with Crippen LogP contribution in [0.3, 0.4) is 0 Å². The third kappa shape index (κ3) is 3.08. The highest BCUT2D eigenvalue weighted by Crippen LogP contribution is 2.51. The zero-order valence-corrected chi connectivity index (χ0v) is 19.1. The number of fused-ring (bicyclic) bond motifs is 3. The lowest BCUT2D eigenvalue weighted by atomic mass is 9.52. The molecule has 0 aromatic heterocycles. The van der Waals surface area contributed by atoms with E-state index in [1.165, 1.54) is 25.1 Å². The van der Waals surface area contributed by atoms with Gasteiger partial charge in [-0.1, -0.05) is 13.3 Å². The minimum absolute atomic E-state index is 0.0341. The fourth-order valence-electron chi connectivity index (χ4n) is 6.20. The number of rotatable bonds is 4. The van der Waals surface area contributed by atoms with Gasteiger partial charge in [-0.15, -0.1) is 0 Å². The van der Waals surface area contributed by atoms with Gasteiger partial charge in [-0.25, -0.2) is 4.39 Å². The first-order chi connectivity index (χ1) is 15.9. The number of nitrogens with two attached hydrogens (primary N) is 1. The van der Waals surface area contributed by atoms with E-state index in [4.69, 9.17) is 5.73 Å². The molecule has 182 valence electrons. The molecule has 4 rings (SSSR count). The van der Waals surface area contributed by atoms with Crippen molar-refractivity contribution in [2.24, 2.45) is 29.4 Å². The van der Waals surface area contributed by atoms with Crippen LogP contribution in [0, 0.1) is 29.5 Å². The molecule has 4 N–H and O–H groups in total. The summed E-state index contributed by atoms with van der Waals surface area (Å²) in [6, 6.07) is 0.0262. The zero-order valence-electron chi connectivity index (χ0n) is 19.1. The number of hydrogen-bond donors (Lipinski definition) is 3. The van der Waals surface area contributed by atoms with E-state index in [0.29, 0.717) is 24.0 Å². The number of ketones is 4. The van der Waals surface area contributed by atoms with E-state index < -0.39 is 75.9 Å². The fraction of sp³-hybridized carbons (Fsp3) is 0.542. The number of halogens is 1. The average molecular weight is 474 g/mol. The largest absolute Gasteiger partial charge is 0.504 e. The van der Waals surface area contributed by atoms with Gasteiger partial charge in [-0.2, -0.15) is 0 Å². The molecule has 10 heteroatoms. The fourth-order valence-corrected chi connectivity index (χ4v) is 6.20. The van der Waals surface area contributed by atoms with Gasteiger partial charge >= 0.3 is 0 Å². The molecule has 1 aromatic carbocycles. The van der Waals surface area contributed by atoms with Crippen LogP contribution < -0.4 is 5.73 Å². The standard InChI is InChI=1S/C24H27FN2O7/c1-4-5-9-8-13(25)18(28)15-11(9)6-10-7-12-17(27(2)3)20(30)16(23(26)33)22(32)24(12,34)21(31)14(10)19(15)29/h8,10,12,14,16-17,28,34H,4-7H2,1-3H3,(H2,26,33). The Morgan fingerprint density at radius 1 is 1.24 bits per heavy atom. The lowest BCUT2D eigenvalue weighted by Crippen LogP contribution is -2.74. The van der Waals surface area contributed by atoms with Gasteiger partial charge in [0.15, 0.2) is 46.2 Å². The van der Waals surface area contributed by atoms with Crippen LogP contribution in [-0.4, -0.2) is 69.9 Å². The Morgan fingerprint density at radius 3 is 2.44 bits per heavy atom. The number of benzene rings is 1. The number of primary amides is 1. The smallest absolute Gasteiger partial charge is 0.235 e. The second kappa shape index (κ2) is 8.06. The van der Waals surface area contributed by atoms with Crippen LogP contribution in [0.5, 0.6) is 5.75 Å². The van der Waals surface area contributed by atoms with E-state index in [9.17, 15) is 38.6 Å². The van der Waals surface area contributed by atoms with Gasteiger partial charge in [-0.05, 0) is 56.5 Å². The van der Waals surface area contributed by atoms with Crippen LogP contribution in [0.1, 0.15) is 41.3 Å². The predicted molar refractivity (Wildman–Crippen MR) is 115 cm³/mol. The lowest BCUT2D eigenvalue weighted by molar-refractivity contribution is -0.181. The quantitative estimate of drug-likeness (QED) is 0.514. The predicted octanol–water partition coefficient (Wildman–Crippen LogP) is -0.0414. The number of aryl methyl sites for hydroxylation is 1. The lowest BCUT2D eigenvalue weighted by Gasteiger charge is -2.52. The third-order valence-electron chi connectivity index (χ3n) is 7.63. The molecule has 0 radical (unpaired) electrons. The molecule has 9 nitrogen and oxygen atoms in total. The van der Waals surface area contributed by atoms with Gasteiger partial charge < -0.3 is 15.9 Å². The van der Waals surface area contributed by atoms with Gasteiger partial charge in [0.1, 0.15) is 0 Å². The van der Waals surface area contributed by atoms with Crippen molar-refractivity contribution in [3.8, 4) is 5.75 Å². The van der Waals surface area contributed by atoms with Gasteiger partial charge in [0.25, 0.3) is 0 Å². The van der Waals surface area contributed by atoms with Crippen molar-refractivity contribution in [1.29, 1.82) is 0 Å². The van der Waals surface area contributed by atoms with E-state index in [1.807, 2.05) is 6.92 Å². The van der Waals surface area contributed by atoms with Crippen LogP contribution in [0.25, 0.3) is 0 Å². The Hall–Kier alpha value is -2.98. The normalized spacial score (nSPS) is 32.9. The van der Waals surface area contributed by atoms with Crippen molar-refractivity contribution < 1.29 is 38.6 Å². The third-order valence-corrected chi connectivity index (χ3v) is 7.63. The summed E-state index contributed by atoms with van der Waals surface area (Å²) in [5.41, 5.74) is 3.16. The van der Waals surface area contributed by atoms with Crippen LogP contribution in [0.2, 0.25) is 0 Å². The van der Waals surface area contributed by atoms with Gasteiger partial charge in [0, 0.05) is 5.92 Å². The van der Waals surface area contributed by atoms with Crippen molar-refractivity contribution in [2.45, 2.75) is 44.2 Å². The minimum Gasteiger partial charge on any atom is -0.504 e. The zero-order chi connectivity index (χ0) is 25.3. The molecule has 3 aliphatic rings. The first-order valence-corrected chi connectivity index (χ1v) is 11.3. The molecule has 6 unspecified atom stereocenters. The summed E-state index contributed by atoms with van der Waals surface area (Å²) < 4.78 is 14.4. The second-order valence-electron chi connectivity index (χ2n) is 9.76. The Kier molecular flexibility index (Phi) is 5.72. The topological polar surface area (TPSA) is 155 Å². The first kappa shape index (κ1) is 24.2. The average Bonchev–Trinajstić information content (AvgIpc) is 2.74. The molecule has 0 heterocycles. The molecule has 0 spiro atoms. The summed E-state index contributed by atoms with van der Waals surface area (Å²) in [6.07, 6.45) is 1.20. The van der Waals surface area contributed by atoms with E-state index in [0.717, 1.165) is 0 Å². The maximum Gasteiger partial charge on any atom is 0.235 e. The number of nitrogens with zero attached hydrogens (tertiary/aromatic N) is 1. The minimum atomic E-state index is -2.79. The van der Waals surface area contributed by atoms with Crippen LogP contribution in [-0.2, 0) is 32.0 Å². The molecule has 2 saturated carbocycles. The number of carbonyl (C=O) groups excluding carboxylic acids is 5. The highest BCUT2D eigenvalue weighted by Gasteiger charge is 2.69. The number of phenols is 1. The summed E-state index contributed by atoms with van der Waals surface area (Å²) in [6.45, 7) is 1.88. The Labute approximate surface area is 195 Å². The van der Waals surface area contributed by atoms with Crippen molar-refractivity contribution in [1.82, 2.24) is 4.90 Å². The van der Waals surface area contributed by atoms with Gasteiger partial charge in [0.05, 0.1) is 17.5 Å². The molecule has 0 saturated heterocycles. The number of phenolic OH excluding ortho intramolecular Hbond substituents is 1. The molecule has 34 heavy (non-hydrogen) atoms. The van der Waals surface area contributed by atoms with Gasteiger partial charge in [-0.3, -0.25) is 28.9 Å². The number of amides is 1. The van der Waals surface area contributed by atoms with Crippen LogP contribution in [0.15, 0.2) is 6.07 Å². The highest BCUT2D eigenvalue weighted by molar-refractivity contribution is 6.32. The monoisotopic (exact) mass is 474 g/mol. The molecule has 0 aliphatic heterocycles. The number of hydrogen-bond acceptors (Lipinski definition) is 8.